The monoisotopic (exact) mass is 464 g/mol. The molecule has 0 aromatic rings. The van der Waals surface area contributed by atoms with E-state index < -0.39 is 21.6 Å². The lowest BCUT2D eigenvalue weighted by atomic mass is 10.1. The molecule has 0 radical (unpaired) electrons. The third kappa shape index (κ3) is 10.8. The second-order valence-electron chi connectivity index (χ2n) is 7.12. The molecule has 4 N–H and O–H groups in total. The van der Waals surface area contributed by atoms with Crippen LogP contribution in [0.2, 0.25) is 0 Å². The Labute approximate surface area is 190 Å². The summed E-state index contributed by atoms with van der Waals surface area (Å²) in [7, 11) is -4.03. The molecule has 0 saturated heterocycles. The number of aliphatic imine (C=N–C) groups is 1. The summed E-state index contributed by atoms with van der Waals surface area (Å²) in [5, 5.41) is 11.1. The predicted octanol–water partition coefficient (Wildman–Crippen LogP) is 2.78. The van der Waals surface area contributed by atoms with Crippen molar-refractivity contribution in [2.45, 2.75) is 46.7 Å². The van der Waals surface area contributed by atoms with Crippen molar-refractivity contribution >= 4 is 27.5 Å². The third-order valence-electron chi connectivity index (χ3n) is 3.66. The number of hydroxylamine groups is 1. The van der Waals surface area contributed by atoms with Gasteiger partial charge in [0.2, 0.25) is 10.0 Å². The summed E-state index contributed by atoms with van der Waals surface area (Å²) in [6.45, 7) is 15.2. The highest BCUT2D eigenvalue weighted by molar-refractivity contribution is 7.93. The van der Waals surface area contributed by atoms with Crippen LogP contribution in [0.5, 0.6) is 0 Å². The highest BCUT2D eigenvalue weighted by Crippen LogP contribution is 2.16. The quantitative estimate of drug-likeness (QED) is 0.116. The normalized spacial score (nSPS) is 14.0. The summed E-state index contributed by atoms with van der Waals surface area (Å²) < 4.78 is 27.8. The molecule has 176 valence electrons. The molecule has 10 heteroatoms. The molecule has 2 amide bonds. The SMILES string of the molecule is C=C/C=C/NC(=O)/C(=C/CC)C(C)=NC(C)(C)NS(=O)(=O)C(=C)/C=C(C)/C=C/C(=O)NO. The van der Waals surface area contributed by atoms with Crippen LogP contribution in [0.15, 0.2) is 76.9 Å². The molecule has 0 saturated carbocycles. The van der Waals surface area contributed by atoms with Crippen LogP contribution < -0.4 is 15.5 Å². The summed E-state index contributed by atoms with van der Waals surface area (Å²) in [5.74, 6) is -1.14. The van der Waals surface area contributed by atoms with Gasteiger partial charge < -0.3 is 5.32 Å². The molecule has 0 atom stereocenters. The van der Waals surface area contributed by atoms with Gasteiger partial charge in [0.15, 0.2) is 0 Å². The van der Waals surface area contributed by atoms with Crippen molar-refractivity contribution in [1.29, 1.82) is 0 Å². The Hall–Kier alpha value is -3.08. The number of nitrogens with zero attached hydrogens (tertiary/aromatic N) is 1. The van der Waals surface area contributed by atoms with E-state index in [-0.39, 0.29) is 10.8 Å². The number of sulfonamides is 1. The maximum absolute atomic E-state index is 12.7. The van der Waals surface area contributed by atoms with Gasteiger partial charge in [-0.05, 0) is 51.8 Å². The van der Waals surface area contributed by atoms with Crippen molar-refractivity contribution in [1.82, 2.24) is 15.5 Å². The number of carbonyl (C=O) groups is 2. The fourth-order valence-corrected chi connectivity index (χ4v) is 3.57. The van der Waals surface area contributed by atoms with Crippen molar-refractivity contribution in [3.05, 3.63) is 71.9 Å². The van der Waals surface area contributed by atoms with Gasteiger partial charge in [-0.25, -0.2) is 13.9 Å². The van der Waals surface area contributed by atoms with E-state index in [4.69, 9.17) is 5.21 Å². The zero-order chi connectivity index (χ0) is 24.9. The Bertz CT molecular complexity index is 984. The lowest BCUT2D eigenvalue weighted by molar-refractivity contribution is -0.124. The van der Waals surface area contributed by atoms with E-state index in [2.05, 4.69) is 28.2 Å². The molecule has 0 aliphatic heterocycles. The Morgan fingerprint density at radius 2 is 1.81 bits per heavy atom. The van der Waals surface area contributed by atoms with Crippen LogP contribution in [-0.4, -0.2) is 36.8 Å². The number of nitrogens with one attached hydrogen (secondary N) is 3. The zero-order valence-electron chi connectivity index (χ0n) is 19.1. The fourth-order valence-electron chi connectivity index (χ4n) is 2.40. The molecule has 0 heterocycles. The highest BCUT2D eigenvalue weighted by atomic mass is 32.2. The minimum atomic E-state index is -4.03. The van der Waals surface area contributed by atoms with Gasteiger partial charge in [-0.2, -0.15) is 4.72 Å². The van der Waals surface area contributed by atoms with Crippen LogP contribution >= 0.6 is 0 Å². The van der Waals surface area contributed by atoms with Gasteiger partial charge in [-0.15, -0.1) is 0 Å². The Morgan fingerprint density at radius 1 is 1.19 bits per heavy atom. The smallest absolute Gasteiger partial charge is 0.267 e. The van der Waals surface area contributed by atoms with Crippen molar-refractivity contribution in [2.75, 3.05) is 0 Å². The zero-order valence-corrected chi connectivity index (χ0v) is 19.9. The summed E-state index contributed by atoms with van der Waals surface area (Å²) in [6, 6.07) is 0. The van der Waals surface area contributed by atoms with Crippen LogP contribution in [0.25, 0.3) is 0 Å². The second kappa shape index (κ2) is 13.4. The van der Waals surface area contributed by atoms with E-state index in [1.807, 2.05) is 6.92 Å². The summed E-state index contributed by atoms with van der Waals surface area (Å²) >= 11 is 0. The molecule has 0 aromatic heterocycles. The first-order valence-electron chi connectivity index (χ1n) is 9.68. The number of rotatable bonds is 12. The standard InChI is InChI=1S/C22H32N4O5S/c1-8-10-14-23-21(28)19(11-9-2)18(5)24-22(6,7)26-32(30,31)17(4)15-16(3)12-13-20(27)25-29/h8,10-15,26,29H,1,4,9H2,2-3,5-7H3,(H,23,28)(H,25,27)/b13-12+,14-10+,16-15+,19-11+,24-18?. The summed E-state index contributed by atoms with van der Waals surface area (Å²) in [6.07, 6.45) is 10.4. The molecule has 0 aliphatic carbocycles. The minimum Gasteiger partial charge on any atom is -0.329 e. The van der Waals surface area contributed by atoms with Gasteiger partial charge in [-0.3, -0.25) is 19.8 Å². The van der Waals surface area contributed by atoms with Gasteiger partial charge in [0.05, 0.1) is 10.5 Å². The summed E-state index contributed by atoms with van der Waals surface area (Å²) in [4.78, 5) is 27.6. The van der Waals surface area contributed by atoms with E-state index in [1.54, 1.807) is 39.8 Å². The fraction of sp³-hybridized carbons (Fsp3) is 0.318. The average molecular weight is 465 g/mol. The van der Waals surface area contributed by atoms with E-state index in [9.17, 15) is 18.0 Å². The Balaban J connectivity index is 5.67. The van der Waals surface area contributed by atoms with Gasteiger partial charge in [0.25, 0.3) is 11.8 Å². The molecule has 0 spiro atoms. The summed E-state index contributed by atoms with van der Waals surface area (Å²) in [5.41, 5.74) is 1.22. The Morgan fingerprint density at radius 3 is 2.34 bits per heavy atom. The highest BCUT2D eigenvalue weighted by Gasteiger charge is 2.26. The number of amides is 2. The van der Waals surface area contributed by atoms with Crippen LogP contribution in [0.4, 0.5) is 0 Å². The van der Waals surface area contributed by atoms with Gasteiger partial charge >= 0.3 is 0 Å². The lowest BCUT2D eigenvalue weighted by Gasteiger charge is -2.23. The largest absolute Gasteiger partial charge is 0.329 e. The topological polar surface area (TPSA) is 137 Å². The average Bonchev–Trinajstić information content (AvgIpc) is 2.68. The van der Waals surface area contributed by atoms with Crippen LogP contribution in [0, 0.1) is 0 Å². The van der Waals surface area contributed by atoms with E-state index in [0.717, 1.165) is 6.08 Å². The van der Waals surface area contributed by atoms with E-state index >= 15 is 0 Å². The molecule has 32 heavy (non-hydrogen) atoms. The Kier molecular flexibility index (Phi) is 12.1. The number of carbonyl (C=O) groups excluding carboxylic acids is 2. The molecule has 0 aliphatic rings. The predicted molar refractivity (Wildman–Crippen MR) is 127 cm³/mol. The molecule has 0 unspecified atom stereocenters. The first-order chi connectivity index (χ1) is 14.8. The maximum Gasteiger partial charge on any atom is 0.267 e. The van der Waals surface area contributed by atoms with Crippen molar-refractivity contribution in [2.24, 2.45) is 4.99 Å². The third-order valence-corrected chi connectivity index (χ3v) is 5.24. The van der Waals surface area contributed by atoms with Gasteiger partial charge in [-0.1, -0.05) is 38.3 Å². The lowest BCUT2D eigenvalue weighted by Crippen LogP contribution is -2.43. The van der Waals surface area contributed by atoms with Gasteiger partial charge in [0, 0.05) is 18.0 Å². The van der Waals surface area contributed by atoms with Crippen LogP contribution in [0.3, 0.4) is 0 Å². The number of hydrogen-bond donors (Lipinski definition) is 4. The van der Waals surface area contributed by atoms with Crippen molar-refractivity contribution in [3.8, 4) is 0 Å². The van der Waals surface area contributed by atoms with Crippen LogP contribution in [0.1, 0.15) is 41.0 Å². The van der Waals surface area contributed by atoms with E-state index in [0.29, 0.717) is 23.3 Å². The van der Waals surface area contributed by atoms with Crippen molar-refractivity contribution < 1.29 is 23.2 Å². The molecule has 0 aromatic carbocycles. The second-order valence-corrected chi connectivity index (χ2v) is 8.86. The molecule has 0 fully saturated rings. The number of hydrogen-bond acceptors (Lipinski definition) is 6. The first kappa shape index (κ1) is 28.9. The minimum absolute atomic E-state index is 0.249. The molecule has 0 rings (SSSR count). The van der Waals surface area contributed by atoms with Crippen molar-refractivity contribution in [3.63, 3.8) is 0 Å². The van der Waals surface area contributed by atoms with Gasteiger partial charge in [0.1, 0.15) is 5.66 Å². The number of allylic oxidation sites excluding steroid dienone is 6. The molecular weight excluding hydrogens is 432 g/mol. The molecular formula is C22H32N4O5S. The van der Waals surface area contributed by atoms with E-state index in [1.165, 1.54) is 29.9 Å². The molecule has 9 nitrogen and oxygen atoms in total. The maximum atomic E-state index is 12.7. The first-order valence-corrected chi connectivity index (χ1v) is 11.2. The molecule has 0 bridgehead atoms. The van der Waals surface area contributed by atoms with Crippen LogP contribution in [-0.2, 0) is 19.6 Å².